The summed E-state index contributed by atoms with van der Waals surface area (Å²) in [7, 11) is 0. The Bertz CT molecular complexity index is 744. The molecule has 2 aromatic rings. The molecule has 1 aliphatic rings. The van der Waals surface area contributed by atoms with Gasteiger partial charge in [0, 0.05) is 6.42 Å². The number of anilines is 1. The number of aromatic nitrogens is 4. The molecule has 1 aliphatic carbocycles. The third kappa shape index (κ3) is 2.54. The van der Waals surface area contributed by atoms with E-state index < -0.39 is 5.41 Å². The first-order valence-electron chi connectivity index (χ1n) is 7.18. The number of carbonyl (C=O) groups is 1. The van der Waals surface area contributed by atoms with Crippen molar-refractivity contribution in [3.05, 3.63) is 24.8 Å². The first-order valence-corrected chi connectivity index (χ1v) is 7.18. The molecule has 0 amide bonds. The van der Waals surface area contributed by atoms with Crippen LogP contribution in [-0.2, 0) is 9.53 Å². The molecule has 22 heavy (non-hydrogen) atoms. The lowest BCUT2D eigenvalue weighted by Crippen LogP contribution is -2.27. The van der Waals surface area contributed by atoms with Gasteiger partial charge >= 0.3 is 5.97 Å². The van der Waals surface area contributed by atoms with Crippen molar-refractivity contribution in [1.82, 2.24) is 19.5 Å². The van der Waals surface area contributed by atoms with Gasteiger partial charge in [-0.3, -0.25) is 4.79 Å². The standard InChI is InChI=1S/C15H19N5O2/c1-15(2,3)14(21)22-10-5-4-9(6-10)20-8-19-11-12(16)17-7-18-13(11)20/h4-5,7-10H,6H2,1-3H3,(H2,16,17,18)/t9-,10+/m0/s1. The van der Waals surface area contributed by atoms with Gasteiger partial charge in [0.2, 0.25) is 0 Å². The van der Waals surface area contributed by atoms with Crippen LogP contribution in [0.2, 0.25) is 0 Å². The molecule has 7 nitrogen and oxygen atoms in total. The van der Waals surface area contributed by atoms with Crippen LogP contribution >= 0.6 is 0 Å². The number of carbonyl (C=O) groups excluding carboxylic acids is 1. The number of nitrogen functional groups attached to an aromatic ring is 1. The molecule has 116 valence electrons. The minimum Gasteiger partial charge on any atom is -0.458 e. The highest BCUT2D eigenvalue weighted by molar-refractivity contribution is 5.81. The second-order valence-corrected chi connectivity index (χ2v) is 6.46. The molecule has 2 aromatic heterocycles. The molecule has 0 spiro atoms. The summed E-state index contributed by atoms with van der Waals surface area (Å²) >= 11 is 0. The summed E-state index contributed by atoms with van der Waals surface area (Å²) in [5.74, 6) is 0.159. The number of nitrogens with two attached hydrogens (primary N) is 1. The van der Waals surface area contributed by atoms with Crippen molar-refractivity contribution >= 4 is 23.0 Å². The van der Waals surface area contributed by atoms with Gasteiger partial charge in [-0.25, -0.2) is 15.0 Å². The van der Waals surface area contributed by atoms with Crippen molar-refractivity contribution in [1.29, 1.82) is 0 Å². The van der Waals surface area contributed by atoms with Crippen LogP contribution in [0.4, 0.5) is 5.82 Å². The zero-order valence-corrected chi connectivity index (χ0v) is 12.9. The van der Waals surface area contributed by atoms with Crippen molar-refractivity contribution in [3.63, 3.8) is 0 Å². The van der Waals surface area contributed by atoms with Crippen LogP contribution in [0, 0.1) is 5.41 Å². The topological polar surface area (TPSA) is 95.9 Å². The van der Waals surface area contributed by atoms with Crippen LogP contribution in [0.1, 0.15) is 33.2 Å². The number of fused-ring (bicyclic) bond motifs is 1. The maximum atomic E-state index is 12.0. The summed E-state index contributed by atoms with van der Waals surface area (Å²) in [6, 6.07) is 0.0390. The van der Waals surface area contributed by atoms with Crippen molar-refractivity contribution in [3.8, 4) is 0 Å². The van der Waals surface area contributed by atoms with Gasteiger partial charge in [-0.1, -0.05) is 6.08 Å². The molecule has 0 saturated carbocycles. The molecule has 2 N–H and O–H groups in total. The fourth-order valence-electron chi connectivity index (χ4n) is 2.37. The zero-order valence-electron chi connectivity index (χ0n) is 12.9. The summed E-state index contributed by atoms with van der Waals surface area (Å²) < 4.78 is 7.45. The largest absolute Gasteiger partial charge is 0.458 e. The highest BCUT2D eigenvalue weighted by Gasteiger charge is 2.29. The highest BCUT2D eigenvalue weighted by Crippen LogP contribution is 2.30. The number of nitrogens with zero attached hydrogens (tertiary/aromatic N) is 4. The molecular weight excluding hydrogens is 282 g/mol. The van der Waals surface area contributed by atoms with E-state index in [0.29, 0.717) is 23.4 Å². The van der Waals surface area contributed by atoms with Gasteiger partial charge < -0.3 is 15.0 Å². The van der Waals surface area contributed by atoms with E-state index in [0.717, 1.165) is 0 Å². The average Bonchev–Trinajstić information content (AvgIpc) is 3.04. The Balaban J connectivity index is 1.77. The average molecular weight is 301 g/mol. The van der Waals surface area contributed by atoms with Gasteiger partial charge in [0.25, 0.3) is 0 Å². The van der Waals surface area contributed by atoms with Crippen LogP contribution in [0.25, 0.3) is 11.2 Å². The van der Waals surface area contributed by atoms with Crippen LogP contribution in [0.3, 0.4) is 0 Å². The van der Waals surface area contributed by atoms with E-state index in [9.17, 15) is 4.79 Å². The molecule has 3 rings (SSSR count). The van der Waals surface area contributed by atoms with Crippen molar-refractivity contribution in [2.24, 2.45) is 5.41 Å². The third-order valence-corrected chi connectivity index (χ3v) is 3.64. The first-order chi connectivity index (χ1) is 10.4. The van der Waals surface area contributed by atoms with Gasteiger partial charge in [0.15, 0.2) is 11.5 Å². The summed E-state index contributed by atoms with van der Waals surface area (Å²) in [6.45, 7) is 5.53. The summed E-state index contributed by atoms with van der Waals surface area (Å²) in [6.07, 6.45) is 7.46. The van der Waals surface area contributed by atoms with Crippen molar-refractivity contribution < 1.29 is 9.53 Å². The lowest BCUT2D eigenvalue weighted by Gasteiger charge is -2.20. The molecule has 0 bridgehead atoms. The van der Waals surface area contributed by atoms with E-state index in [2.05, 4.69) is 15.0 Å². The van der Waals surface area contributed by atoms with Crippen molar-refractivity contribution in [2.45, 2.75) is 39.3 Å². The Morgan fingerprint density at radius 2 is 2.09 bits per heavy atom. The summed E-state index contributed by atoms with van der Waals surface area (Å²) in [5, 5.41) is 0. The van der Waals surface area contributed by atoms with Gasteiger partial charge in [0.1, 0.15) is 17.9 Å². The Morgan fingerprint density at radius 1 is 1.32 bits per heavy atom. The summed E-state index contributed by atoms with van der Waals surface area (Å²) in [4.78, 5) is 24.4. The number of hydrogen-bond acceptors (Lipinski definition) is 6. The predicted octanol–water partition coefficient (Wildman–Crippen LogP) is 1.87. The number of ether oxygens (including phenoxy) is 1. The number of hydrogen-bond donors (Lipinski definition) is 1. The minimum atomic E-state index is -0.505. The SMILES string of the molecule is CC(C)(C)C(=O)O[C@@H]1C=C[C@H](n2cnc3c(N)ncnc32)C1. The molecule has 0 aromatic carbocycles. The van der Waals surface area contributed by atoms with Gasteiger partial charge in [-0.15, -0.1) is 0 Å². The van der Waals surface area contributed by atoms with Gasteiger partial charge in [0.05, 0.1) is 17.8 Å². The van der Waals surface area contributed by atoms with E-state index in [4.69, 9.17) is 10.5 Å². The Labute approximate surface area is 128 Å². The van der Waals surface area contributed by atoms with Crippen LogP contribution in [0.15, 0.2) is 24.8 Å². The molecular formula is C15H19N5O2. The highest BCUT2D eigenvalue weighted by atomic mass is 16.5. The zero-order chi connectivity index (χ0) is 15.9. The first kappa shape index (κ1) is 14.5. The fraction of sp³-hybridized carbons (Fsp3) is 0.467. The van der Waals surface area contributed by atoms with Gasteiger partial charge in [-0.2, -0.15) is 0 Å². The van der Waals surface area contributed by atoms with E-state index in [1.54, 1.807) is 6.33 Å². The van der Waals surface area contributed by atoms with Crippen LogP contribution < -0.4 is 5.73 Å². The van der Waals surface area contributed by atoms with Gasteiger partial charge in [-0.05, 0) is 26.8 Å². The molecule has 0 fully saturated rings. The molecule has 2 heterocycles. The summed E-state index contributed by atoms with van der Waals surface area (Å²) in [5.41, 5.74) is 6.56. The molecule has 2 atom stereocenters. The Morgan fingerprint density at radius 3 is 2.82 bits per heavy atom. The molecule has 0 unspecified atom stereocenters. The van der Waals surface area contributed by atoms with Crippen LogP contribution in [-0.4, -0.2) is 31.6 Å². The lowest BCUT2D eigenvalue weighted by atomic mass is 9.97. The van der Waals surface area contributed by atoms with E-state index >= 15 is 0 Å². The predicted molar refractivity (Wildman–Crippen MR) is 81.9 cm³/mol. The molecule has 0 radical (unpaired) electrons. The molecule has 0 aliphatic heterocycles. The number of imidazole rings is 1. The lowest BCUT2D eigenvalue weighted by molar-refractivity contribution is -0.156. The molecule has 7 heteroatoms. The maximum Gasteiger partial charge on any atom is 0.311 e. The number of allylic oxidation sites excluding steroid dienone is 1. The maximum absolute atomic E-state index is 12.0. The fourth-order valence-corrected chi connectivity index (χ4v) is 2.37. The Hall–Kier alpha value is -2.44. The normalized spacial score (nSPS) is 21.4. The third-order valence-electron chi connectivity index (χ3n) is 3.64. The van der Waals surface area contributed by atoms with Crippen molar-refractivity contribution in [2.75, 3.05) is 5.73 Å². The number of rotatable bonds is 2. The second-order valence-electron chi connectivity index (χ2n) is 6.46. The monoisotopic (exact) mass is 301 g/mol. The van der Waals surface area contributed by atoms with E-state index in [-0.39, 0.29) is 18.1 Å². The second kappa shape index (κ2) is 5.08. The Kier molecular flexibility index (Phi) is 3.35. The quantitative estimate of drug-likeness (QED) is 0.672. The van der Waals surface area contributed by atoms with E-state index in [1.165, 1.54) is 6.33 Å². The van der Waals surface area contributed by atoms with E-state index in [1.807, 2.05) is 37.5 Å². The number of esters is 1. The minimum absolute atomic E-state index is 0.0390. The smallest absolute Gasteiger partial charge is 0.311 e. The molecule has 0 saturated heterocycles. The van der Waals surface area contributed by atoms with Crippen LogP contribution in [0.5, 0.6) is 0 Å².